The molecule has 111 valence electrons. The van der Waals surface area contributed by atoms with E-state index in [0.717, 1.165) is 43.7 Å². The highest BCUT2D eigenvalue weighted by Crippen LogP contribution is 2.23. The Morgan fingerprint density at radius 1 is 1.29 bits per heavy atom. The minimum atomic E-state index is 0.145. The van der Waals surface area contributed by atoms with Gasteiger partial charge in [-0.1, -0.05) is 19.9 Å². The molecule has 2 aromatic rings. The number of nitrogens with zero attached hydrogens (tertiary/aromatic N) is 3. The van der Waals surface area contributed by atoms with Crippen molar-refractivity contribution >= 4 is 11.3 Å². The lowest BCUT2D eigenvalue weighted by Crippen LogP contribution is -2.38. The van der Waals surface area contributed by atoms with Crippen LogP contribution < -0.4 is 0 Å². The number of pyridine rings is 1. The maximum absolute atomic E-state index is 12.8. The Labute approximate surface area is 125 Å². The number of fused-ring (bicyclic) bond motifs is 1. The minimum Gasteiger partial charge on any atom is -0.303 e. The summed E-state index contributed by atoms with van der Waals surface area (Å²) in [6.07, 6.45) is 5.43. The van der Waals surface area contributed by atoms with Crippen LogP contribution in [0.1, 0.15) is 37.2 Å². The van der Waals surface area contributed by atoms with Crippen molar-refractivity contribution in [3.05, 3.63) is 42.3 Å². The van der Waals surface area contributed by atoms with Crippen molar-refractivity contribution in [3.8, 4) is 0 Å². The lowest BCUT2D eigenvalue weighted by molar-refractivity contribution is 0.0837. The van der Waals surface area contributed by atoms with Crippen LogP contribution in [0.4, 0.5) is 0 Å². The van der Waals surface area contributed by atoms with Gasteiger partial charge in [0, 0.05) is 12.5 Å². The topological polar surface area (TPSA) is 37.6 Å². The Morgan fingerprint density at radius 3 is 2.76 bits per heavy atom. The fourth-order valence-electron chi connectivity index (χ4n) is 3.16. The van der Waals surface area contributed by atoms with Crippen LogP contribution >= 0.6 is 0 Å². The number of carbonyl (C=O) groups is 1. The van der Waals surface area contributed by atoms with Crippen LogP contribution in [0.25, 0.3) is 5.52 Å². The predicted molar refractivity (Wildman–Crippen MR) is 83.3 cm³/mol. The molecular weight excluding hydrogens is 262 g/mol. The molecule has 4 nitrogen and oxygen atoms in total. The summed E-state index contributed by atoms with van der Waals surface area (Å²) in [7, 11) is 0. The van der Waals surface area contributed by atoms with E-state index in [1.54, 1.807) is 12.5 Å². The van der Waals surface area contributed by atoms with Gasteiger partial charge in [0.1, 0.15) is 0 Å². The summed E-state index contributed by atoms with van der Waals surface area (Å²) in [5, 5.41) is 0. The van der Waals surface area contributed by atoms with E-state index in [9.17, 15) is 4.79 Å². The third-order valence-corrected chi connectivity index (χ3v) is 4.20. The van der Waals surface area contributed by atoms with Crippen LogP contribution in [0.5, 0.6) is 0 Å². The largest absolute Gasteiger partial charge is 0.303 e. The van der Waals surface area contributed by atoms with E-state index in [1.807, 2.05) is 22.6 Å². The lowest BCUT2D eigenvalue weighted by Gasteiger charge is -2.32. The molecule has 0 saturated carbocycles. The molecular formula is C17H22N3O. The number of imidazole rings is 1. The molecule has 21 heavy (non-hydrogen) atoms. The third-order valence-electron chi connectivity index (χ3n) is 4.20. The molecule has 0 spiro atoms. The van der Waals surface area contributed by atoms with Gasteiger partial charge < -0.3 is 4.90 Å². The molecule has 0 atom stereocenters. The zero-order chi connectivity index (χ0) is 14.8. The monoisotopic (exact) mass is 284 g/mol. The first-order valence-electron chi connectivity index (χ1n) is 7.62. The fraction of sp³-hybridized carbons (Fsp3) is 0.471. The van der Waals surface area contributed by atoms with Gasteiger partial charge >= 0.3 is 0 Å². The van der Waals surface area contributed by atoms with Crippen molar-refractivity contribution in [2.45, 2.75) is 26.7 Å². The van der Waals surface area contributed by atoms with Gasteiger partial charge in [0.25, 0.3) is 0 Å². The van der Waals surface area contributed by atoms with Crippen molar-refractivity contribution < 1.29 is 4.79 Å². The van der Waals surface area contributed by atoms with Gasteiger partial charge in [0.2, 0.25) is 0 Å². The van der Waals surface area contributed by atoms with Crippen molar-refractivity contribution in [2.75, 3.05) is 19.6 Å². The molecule has 3 heterocycles. The van der Waals surface area contributed by atoms with Gasteiger partial charge in [0.05, 0.1) is 23.7 Å². The highest BCUT2D eigenvalue weighted by atomic mass is 16.1. The molecule has 0 N–H and O–H groups in total. The van der Waals surface area contributed by atoms with E-state index in [2.05, 4.69) is 23.7 Å². The highest BCUT2D eigenvalue weighted by Gasteiger charge is 2.27. The Balaban J connectivity index is 1.71. The minimum absolute atomic E-state index is 0.145. The smallest absolute Gasteiger partial charge is 0.182 e. The van der Waals surface area contributed by atoms with Crippen LogP contribution in [-0.4, -0.2) is 39.7 Å². The summed E-state index contributed by atoms with van der Waals surface area (Å²) in [5.74, 6) is 1.84. The molecule has 0 aromatic carbocycles. The molecule has 0 bridgehead atoms. The number of Topliss-reactive ketones (excluding diaryl/α,β-unsaturated/α-hetero) is 1. The maximum Gasteiger partial charge on any atom is 0.182 e. The van der Waals surface area contributed by atoms with Gasteiger partial charge in [0.15, 0.2) is 5.78 Å². The van der Waals surface area contributed by atoms with E-state index in [4.69, 9.17) is 0 Å². The van der Waals surface area contributed by atoms with Gasteiger partial charge in [-0.25, -0.2) is 4.98 Å². The van der Waals surface area contributed by atoms with Crippen LogP contribution in [0, 0.1) is 11.8 Å². The normalized spacial score (nSPS) is 17.7. The average Bonchev–Trinajstić information content (AvgIpc) is 2.95. The average molecular weight is 284 g/mol. The molecule has 1 fully saturated rings. The molecule has 4 heteroatoms. The Kier molecular flexibility index (Phi) is 4.06. The first-order chi connectivity index (χ1) is 10.1. The number of ketones is 1. The quantitative estimate of drug-likeness (QED) is 0.810. The lowest BCUT2D eigenvalue weighted by atomic mass is 9.90. The van der Waals surface area contributed by atoms with Gasteiger partial charge in [-0.2, -0.15) is 0 Å². The predicted octanol–water partition coefficient (Wildman–Crippen LogP) is 2.84. The van der Waals surface area contributed by atoms with E-state index in [1.165, 1.54) is 5.92 Å². The SMILES string of the molecule is C[C](C)CN1CCC(C(=O)c2cccc3cncn23)CC1. The molecule has 1 saturated heterocycles. The molecule has 0 unspecified atom stereocenters. The molecule has 0 amide bonds. The van der Waals surface area contributed by atoms with Gasteiger partial charge in [-0.05, 0) is 44.0 Å². The number of hydrogen-bond acceptors (Lipinski definition) is 3. The summed E-state index contributed by atoms with van der Waals surface area (Å²) in [6, 6.07) is 5.83. The van der Waals surface area contributed by atoms with Gasteiger partial charge in [-0.15, -0.1) is 0 Å². The van der Waals surface area contributed by atoms with E-state index in [-0.39, 0.29) is 11.7 Å². The number of piperidine rings is 1. The number of hydrogen-bond donors (Lipinski definition) is 0. The van der Waals surface area contributed by atoms with Gasteiger partial charge in [-0.3, -0.25) is 9.20 Å². The van der Waals surface area contributed by atoms with Crippen molar-refractivity contribution in [1.29, 1.82) is 0 Å². The number of rotatable bonds is 4. The second-order valence-electron chi connectivity index (χ2n) is 6.22. The summed E-state index contributed by atoms with van der Waals surface area (Å²) in [4.78, 5) is 19.3. The molecule has 3 rings (SSSR count). The second-order valence-corrected chi connectivity index (χ2v) is 6.22. The zero-order valence-corrected chi connectivity index (χ0v) is 12.7. The number of carbonyl (C=O) groups excluding carboxylic acids is 1. The second kappa shape index (κ2) is 5.98. The molecule has 1 radical (unpaired) electrons. The van der Waals surface area contributed by atoms with E-state index in [0.29, 0.717) is 0 Å². The number of aromatic nitrogens is 2. The Hall–Kier alpha value is -1.68. The van der Waals surface area contributed by atoms with Crippen LogP contribution in [0.2, 0.25) is 0 Å². The molecule has 0 aliphatic carbocycles. The van der Waals surface area contributed by atoms with Crippen LogP contribution in [0.3, 0.4) is 0 Å². The van der Waals surface area contributed by atoms with E-state index < -0.39 is 0 Å². The molecule has 2 aromatic heterocycles. The Morgan fingerprint density at radius 2 is 2.05 bits per heavy atom. The number of likely N-dealkylation sites (tertiary alicyclic amines) is 1. The first kappa shape index (κ1) is 14.3. The Bertz CT molecular complexity index is 624. The first-order valence-corrected chi connectivity index (χ1v) is 7.62. The van der Waals surface area contributed by atoms with Crippen molar-refractivity contribution in [1.82, 2.24) is 14.3 Å². The van der Waals surface area contributed by atoms with E-state index >= 15 is 0 Å². The summed E-state index contributed by atoms with van der Waals surface area (Å²) in [6.45, 7) is 7.41. The van der Waals surface area contributed by atoms with Crippen LogP contribution in [-0.2, 0) is 0 Å². The van der Waals surface area contributed by atoms with Crippen LogP contribution in [0.15, 0.2) is 30.7 Å². The fourth-order valence-corrected chi connectivity index (χ4v) is 3.16. The molecule has 1 aliphatic rings. The standard InChI is InChI=1S/C17H22N3O/c1-13(2)11-19-8-6-14(7-9-19)17(21)16-5-3-4-15-10-18-12-20(15)16/h3-5,10,12,14H,6-9,11H2,1-2H3. The van der Waals surface area contributed by atoms with Crippen molar-refractivity contribution in [2.24, 2.45) is 5.92 Å². The zero-order valence-electron chi connectivity index (χ0n) is 12.7. The maximum atomic E-state index is 12.8. The summed E-state index contributed by atoms with van der Waals surface area (Å²) in [5.41, 5.74) is 1.75. The highest BCUT2D eigenvalue weighted by molar-refractivity contribution is 5.97. The summed E-state index contributed by atoms with van der Waals surface area (Å²) >= 11 is 0. The molecule has 1 aliphatic heterocycles. The van der Waals surface area contributed by atoms with Crippen molar-refractivity contribution in [3.63, 3.8) is 0 Å². The summed E-state index contributed by atoms with van der Waals surface area (Å²) < 4.78 is 1.90. The third kappa shape index (κ3) is 3.00.